The predicted octanol–water partition coefficient (Wildman–Crippen LogP) is 1.98. The van der Waals surface area contributed by atoms with E-state index < -0.39 is 0 Å². The van der Waals surface area contributed by atoms with E-state index in [-0.39, 0.29) is 11.8 Å². The zero-order valence-corrected chi connectivity index (χ0v) is 14.3. The van der Waals surface area contributed by atoms with Gasteiger partial charge in [0.05, 0.1) is 13.7 Å². The number of ether oxygens (including phenoxy) is 2. The number of hydrogen-bond acceptors (Lipinski definition) is 4. The van der Waals surface area contributed by atoms with Gasteiger partial charge in [-0.25, -0.2) is 0 Å². The number of rotatable bonds is 10. The Hall–Kier alpha value is -2.24. The van der Waals surface area contributed by atoms with Crippen LogP contribution >= 0.6 is 0 Å². The summed E-state index contributed by atoms with van der Waals surface area (Å²) >= 11 is 0. The molecule has 0 bridgehead atoms. The fraction of sp³-hybridized carbons (Fsp3) is 0.556. The molecule has 0 unspecified atom stereocenters. The summed E-state index contributed by atoms with van der Waals surface area (Å²) in [4.78, 5) is 25.1. The van der Waals surface area contributed by atoms with Crippen LogP contribution in [-0.2, 0) is 9.59 Å². The third kappa shape index (κ3) is 6.10. The molecule has 1 N–H and O–H groups in total. The van der Waals surface area contributed by atoms with Crippen LogP contribution in [0.3, 0.4) is 0 Å². The first-order valence-corrected chi connectivity index (χ1v) is 8.50. The minimum Gasteiger partial charge on any atom is -0.497 e. The van der Waals surface area contributed by atoms with Crippen LogP contribution in [0.1, 0.15) is 32.1 Å². The molecule has 1 aromatic rings. The molecule has 2 amide bonds. The second kappa shape index (κ2) is 9.80. The summed E-state index contributed by atoms with van der Waals surface area (Å²) in [6, 6.07) is 7.37. The second-order valence-electron chi connectivity index (χ2n) is 5.82. The van der Waals surface area contributed by atoms with E-state index in [1.165, 1.54) is 0 Å². The summed E-state index contributed by atoms with van der Waals surface area (Å²) in [5, 5.41) is 2.89. The lowest BCUT2D eigenvalue weighted by molar-refractivity contribution is -0.127. The number of likely N-dealkylation sites (tertiary alicyclic amines) is 1. The summed E-state index contributed by atoms with van der Waals surface area (Å²) in [7, 11) is 1.62. The summed E-state index contributed by atoms with van der Waals surface area (Å²) < 4.78 is 10.7. The highest BCUT2D eigenvalue weighted by molar-refractivity contribution is 5.78. The van der Waals surface area contributed by atoms with Crippen LogP contribution in [-0.4, -0.2) is 50.1 Å². The molecule has 24 heavy (non-hydrogen) atoms. The van der Waals surface area contributed by atoms with Gasteiger partial charge >= 0.3 is 0 Å². The molecule has 1 aliphatic heterocycles. The average molecular weight is 334 g/mol. The van der Waals surface area contributed by atoms with Crippen molar-refractivity contribution in [2.45, 2.75) is 32.1 Å². The van der Waals surface area contributed by atoms with Gasteiger partial charge in [-0.1, -0.05) is 0 Å². The Kier molecular flexibility index (Phi) is 7.39. The van der Waals surface area contributed by atoms with Gasteiger partial charge in [0.15, 0.2) is 0 Å². The van der Waals surface area contributed by atoms with E-state index in [1.807, 2.05) is 29.2 Å². The minimum absolute atomic E-state index is 0.0288. The third-order valence-electron chi connectivity index (χ3n) is 3.97. The summed E-state index contributed by atoms with van der Waals surface area (Å²) in [5.74, 6) is 1.82. The highest BCUT2D eigenvalue weighted by Gasteiger charge is 2.18. The van der Waals surface area contributed by atoms with E-state index in [1.54, 1.807) is 7.11 Å². The fourth-order valence-electron chi connectivity index (χ4n) is 2.62. The van der Waals surface area contributed by atoms with E-state index in [4.69, 9.17) is 9.47 Å². The van der Waals surface area contributed by atoms with Gasteiger partial charge in [-0.05, 0) is 43.5 Å². The van der Waals surface area contributed by atoms with Crippen LogP contribution in [0, 0.1) is 0 Å². The van der Waals surface area contributed by atoms with Crippen molar-refractivity contribution in [3.8, 4) is 11.5 Å². The lowest BCUT2D eigenvalue weighted by Gasteiger charge is -2.15. The smallest absolute Gasteiger partial charge is 0.222 e. The molecule has 6 heteroatoms. The van der Waals surface area contributed by atoms with Crippen molar-refractivity contribution in [2.75, 3.05) is 33.4 Å². The third-order valence-corrected chi connectivity index (χ3v) is 3.97. The van der Waals surface area contributed by atoms with Crippen molar-refractivity contribution in [2.24, 2.45) is 0 Å². The Morgan fingerprint density at radius 2 is 1.96 bits per heavy atom. The standard InChI is InChI=1S/C18H26N2O4/c1-23-15-7-9-16(10-8-15)24-14-3-5-17(21)19-11-4-13-20-12-2-6-18(20)22/h7-10H,2-6,11-14H2,1H3,(H,19,21). The number of nitrogens with zero attached hydrogens (tertiary/aromatic N) is 1. The van der Waals surface area contributed by atoms with Gasteiger partial charge in [0, 0.05) is 32.5 Å². The van der Waals surface area contributed by atoms with Crippen molar-refractivity contribution in [3.05, 3.63) is 24.3 Å². The van der Waals surface area contributed by atoms with Crippen LogP contribution in [0.5, 0.6) is 11.5 Å². The highest BCUT2D eigenvalue weighted by Crippen LogP contribution is 2.17. The molecule has 0 saturated carbocycles. The van der Waals surface area contributed by atoms with Gasteiger partial charge in [-0.3, -0.25) is 9.59 Å². The Morgan fingerprint density at radius 3 is 2.62 bits per heavy atom. The quantitative estimate of drug-likeness (QED) is 0.665. The lowest BCUT2D eigenvalue weighted by atomic mass is 10.3. The second-order valence-corrected chi connectivity index (χ2v) is 5.82. The Balaban J connectivity index is 1.49. The molecule has 0 spiro atoms. The maximum atomic E-state index is 11.7. The highest BCUT2D eigenvalue weighted by atomic mass is 16.5. The van der Waals surface area contributed by atoms with Crippen LogP contribution < -0.4 is 14.8 Å². The van der Waals surface area contributed by atoms with Crippen LogP contribution in [0.4, 0.5) is 0 Å². The topological polar surface area (TPSA) is 67.9 Å². The molecule has 2 rings (SSSR count). The van der Waals surface area contributed by atoms with E-state index >= 15 is 0 Å². The average Bonchev–Trinajstić information content (AvgIpc) is 3.01. The normalized spacial score (nSPS) is 13.9. The molecule has 1 aliphatic rings. The molecule has 0 aliphatic carbocycles. The van der Waals surface area contributed by atoms with Crippen molar-refractivity contribution < 1.29 is 19.1 Å². The number of carbonyl (C=O) groups excluding carboxylic acids is 2. The maximum Gasteiger partial charge on any atom is 0.222 e. The van der Waals surface area contributed by atoms with E-state index in [9.17, 15) is 9.59 Å². The van der Waals surface area contributed by atoms with Crippen molar-refractivity contribution in [3.63, 3.8) is 0 Å². The monoisotopic (exact) mass is 334 g/mol. The molecular formula is C18H26N2O4. The van der Waals surface area contributed by atoms with Gasteiger partial charge < -0.3 is 19.7 Å². The number of methoxy groups -OCH3 is 1. The molecule has 0 aromatic heterocycles. The first-order chi connectivity index (χ1) is 11.7. The van der Waals surface area contributed by atoms with E-state index in [0.717, 1.165) is 37.4 Å². The largest absolute Gasteiger partial charge is 0.497 e. The molecule has 0 radical (unpaired) electrons. The number of hydrogen-bond donors (Lipinski definition) is 1. The van der Waals surface area contributed by atoms with Crippen LogP contribution in [0.15, 0.2) is 24.3 Å². The van der Waals surface area contributed by atoms with E-state index in [0.29, 0.717) is 32.4 Å². The van der Waals surface area contributed by atoms with Gasteiger partial charge in [-0.2, -0.15) is 0 Å². The number of nitrogens with one attached hydrogen (secondary N) is 1. The Morgan fingerprint density at radius 1 is 1.21 bits per heavy atom. The van der Waals surface area contributed by atoms with Gasteiger partial charge in [-0.15, -0.1) is 0 Å². The van der Waals surface area contributed by atoms with Gasteiger partial charge in [0.25, 0.3) is 0 Å². The van der Waals surface area contributed by atoms with Crippen LogP contribution in [0.2, 0.25) is 0 Å². The van der Waals surface area contributed by atoms with Crippen molar-refractivity contribution >= 4 is 11.8 Å². The van der Waals surface area contributed by atoms with Gasteiger partial charge in [0.2, 0.25) is 11.8 Å². The summed E-state index contributed by atoms with van der Waals surface area (Å²) in [6.07, 6.45) is 3.54. The SMILES string of the molecule is COc1ccc(OCCCC(=O)NCCCN2CCCC2=O)cc1. The van der Waals surface area contributed by atoms with Crippen LogP contribution in [0.25, 0.3) is 0 Å². The zero-order chi connectivity index (χ0) is 17.2. The molecule has 6 nitrogen and oxygen atoms in total. The van der Waals surface area contributed by atoms with Gasteiger partial charge in [0.1, 0.15) is 11.5 Å². The summed E-state index contributed by atoms with van der Waals surface area (Å²) in [6.45, 7) is 2.71. The summed E-state index contributed by atoms with van der Waals surface area (Å²) in [5.41, 5.74) is 0. The Bertz CT molecular complexity index is 530. The molecule has 132 valence electrons. The molecule has 1 saturated heterocycles. The van der Waals surface area contributed by atoms with Crippen molar-refractivity contribution in [1.82, 2.24) is 10.2 Å². The minimum atomic E-state index is 0.0288. The molecule has 0 atom stereocenters. The molecule has 1 aromatic carbocycles. The lowest BCUT2D eigenvalue weighted by Crippen LogP contribution is -2.30. The first-order valence-electron chi connectivity index (χ1n) is 8.50. The molecule has 1 fully saturated rings. The molecule has 1 heterocycles. The van der Waals surface area contributed by atoms with Crippen molar-refractivity contribution in [1.29, 1.82) is 0 Å². The maximum absolute atomic E-state index is 11.7. The fourth-order valence-corrected chi connectivity index (χ4v) is 2.62. The predicted molar refractivity (Wildman–Crippen MR) is 91.2 cm³/mol. The molecular weight excluding hydrogens is 308 g/mol. The van der Waals surface area contributed by atoms with E-state index in [2.05, 4.69) is 5.32 Å². The Labute approximate surface area is 143 Å². The number of benzene rings is 1. The first kappa shape index (κ1) is 18.1. The zero-order valence-electron chi connectivity index (χ0n) is 14.3. The number of carbonyl (C=O) groups is 2. The number of amides is 2.